The lowest BCUT2D eigenvalue weighted by Gasteiger charge is -2.09. The number of rotatable bonds is 5. The average Bonchev–Trinajstić information content (AvgIpc) is 3.05. The van der Waals surface area contributed by atoms with E-state index in [1.165, 1.54) is 6.07 Å². The molecule has 0 aliphatic carbocycles. The number of halogens is 1. The molecule has 0 unspecified atom stereocenters. The average molecular weight is 348 g/mol. The van der Waals surface area contributed by atoms with E-state index in [4.69, 9.17) is 0 Å². The van der Waals surface area contributed by atoms with Crippen LogP contribution in [0.2, 0.25) is 0 Å². The van der Waals surface area contributed by atoms with Crippen molar-refractivity contribution >= 4 is 16.9 Å². The first-order chi connectivity index (χ1) is 12.7. The molecule has 0 radical (unpaired) electrons. The van der Waals surface area contributed by atoms with Gasteiger partial charge in [-0.3, -0.25) is 9.67 Å². The number of fused-ring (bicyclic) bond motifs is 1. The first-order valence-corrected chi connectivity index (χ1v) is 8.30. The number of nitrogens with zero attached hydrogens (tertiary/aromatic N) is 5. The van der Waals surface area contributed by atoms with Gasteiger partial charge in [0.05, 0.1) is 11.6 Å². The number of hydrogen-bond acceptors (Lipinski definition) is 5. The van der Waals surface area contributed by atoms with Crippen molar-refractivity contribution in [1.82, 2.24) is 24.7 Å². The summed E-state index contributed by atoms with van der Waals surface area (Å²) in [6.07, 6.45) is 5.70. The van der Waals surface area contributed by atoms with E-state index in [1.54, 1.807) is 35.4 Å². The summed E-state index contributed by atoms with van der Waals surface area (Å²) in [6.45, 7) is 0.553. The number of hydrogen-bond donors (Lipinski definition) is 1. The standard InChI is InChI=1S/C19H17FN6/c1-26-19-15(12-23-26)18(22-11-8-13-4-2-3-5-16(13)20)24-17(25-19)14-6-9-21-10-7-14/h2-7,9-10,12H,8,11H2,1H3,(H,22,24,25). The highest BCUT2D eigenvalue weighted by molar-refractivity contribution is 5.88. The fourth-order valence-corrected chi connectivity index (χ4v) is 2.80. The summed E-state index contributed by atoms with van der Waals surface area (Å²) in [6, 6.07) is 10.5. The molecule has 0 fully saturated rings. The van der Waals surface area contributed by atoms with Gasteiger partial charge in [0.1, 0.15) is 11.6 Å². The molecule has 0 saturated carbocycles. The van der Waals surface area contributed by atoms with Gasteiger partial charge in [0.15, 0.2) is 11.5 Å². The van der Waals surface area contributed by atoms with Crippen molar-refractivity contribution in [3.63, 3.8) is 0 Å². The number of nitrogens with one attached hydrogen (secondary N) is 1. The molecular formula is C19H17FN6. The Balaban J connectivity index is 1.64. The molecular weight excluding hydrogens is 331 g/mol. The minimum atomic E-state index is -0.194. The maximum absolute atomic E-state index is 13.8. The summed E-state index contributed by atoms with van der Waals surface area (Å²) in [5, 5.41) is 8.41. The Labute approximate surface area is 149 Å². The molecule has 3 heterocycles. The molecule has 4 rings (SSSR count). The van der Waals surface area contributed by atoms with Gasteiger partial charge in [0, 0.05) is 31.5 Å². The van der Waals surface area contributed by atoms with Crippen molar-refractivity contribution in [3.05, 3.63) is 66.4 Å². The molecule has 0 saturated heterocycles. The van der Waals surface area contributed by atoms with Gasteiger partial charge in [0.25, 0.3) is 0 Å². The van der Waals surface area contributed by atoms with E-state index in [1.807, 2.05) is 25.2 Å². The monoisotopic (exact) mass is 348 g/mol. The minimum absolute atomic E-state index is 0.194. The summed E-state index contributed by atoms with van der Waals surface area (Å²) in [5.74, 6) is 1.09. The molecule has 0 aliphatic heterocycles. The zero-order valence-corrected chi connectivity index (χ0v) is 14.2. The van der Waals surface area contributed by atoms with E-state index < -0.39 is 0 Å². The number of aryl methyl sites for hydroxylation is 1. The Kier molecular flexibility index (Phi) is 4.27. The summed E-state index contributed by atoms with van der Waals surface area (Å²) in [4.78, 5) is 13.3. The maximum atomic E-state index is 13.8. The topological polar surface area (TPSA) is 68.5 Å². The molecule has 4 aromatic rings. The lowest BCUT2D eigenvalue weighted by atomic mass is 10.1. The Morgan fingerprint density at radius 3 is 2.69 bits per heavy atom. The van der Waals surface area contributed by atoms with Gasteiger partial charge in [-0.05, 0) is 30.2 Å². The Morgan fingerprint density at radius 2 is 1.88 bits per heavy atom. The SMILES string of the molecule is Cn1ncc2c(NCCc3ccccc3F)nc(-c3ccncc3)nc21. The summed E-state index contributed by atoms with van der Waals surface area (Å²) in [7, 11) is 1.84. The van der Waals surface area contributed by atoms with Crippen LogP contribution in [0.25, 0.3) is 22.4 Å². The van der Waals surface area contributed by atoms with E-state index in [2.05, 4.69) is 25.4 Å². The van der Waals surface area contributed by atoms with Crippen molar-refractivity contribution in [2.24, 2.45) is 7.05 Å². The smallest absolute Gasteiger partial charge is 0.164 e. The van der Waals surface area contributed by atoms with Gasteiger partial charge >= 0.3 is 0 Å². The molecule has 130 valence electrons. The van der Waals surface area contributed by atoms with Gasteiger partial charge in [-0.2, -0.15) is 5.10 Å². The number of aromatic nitrogens is 5. The Hall–Kier alpha value is -3.35. The third-order valence-electron chi connectivity index (χ3n) is 4.18. The van der Waals surface area contributed by atoms with Gasteiger partial charge in [-0.1, -0.05) is 18.2 Å². The Bertz CT molecular complexity index is 1040. The molecule has 7 heteroatoms. The van der Waals surface area contributed by atoms with Crippen LogP contribution in [0.4, 0.5) is 10.2 Å². The number of anilines is 1. The van der Waals surface area contributed by atoms with E-state index >= 15 is 0 Å². The van der Waals surface area contributed by atoms with Crippen molar-refractivity contribution in [3.8, 4) is 11.4 Å². The predicted octanol–water partition coefficient (Wildman–Crippen LogP) is 3.22. The first-order valence-electron chi connectivity index (χ1n) is 8.30. The third kappa shape index (κ3) is 3.11. The van der Waals surface area contributed by atoms with Crippen LogP contribution in [-0.2, 0) is 13.5 Å². The second-order valence-corrected chi connectivity index (χ2v) is 5.91. The zero-order valence-electron chi connectivity index (χ0n) is 14.2. The molecule has 1 aromatic carbocycles. The molecule has 0 aliphatic rings. The van der Waals surface area contributed by atoms with Crippen LogP contribution in [0, 0.1) is 5.82 Å². The summed E-state index contributed by atoms with van der Waals surface area (Å²) < 4.78 is 15.5. The van der Waals surface area contributed by atoms with Gasteiger partial charge in [-0.15, -0.1) is 0 Å². The van der Waals surface area contributed by atoms with Crippen molar-refractivity contribution < 1.29 is 4.39 Å². The van der Waals surface area contributed by atoms with E-state index in [9.17, 15) is 4.39 Å². The van der Waals surface area contributed by atoms with Crippen LogP contribution in [0.15, 0.2) is 55.0 Å². The predicted molar refractivity (Wildman–Crippen MR) is 98.1 cm³/mol. The quantitative estimate of drug-likeness (QED) is 0.600. The highest BCUT2D eigenvalue weighted by Gasteiger charge is 2.13. The fraction of sp³-hybridized carbons (Fsp3) is 0.158. The summed E-state index contributed by atoms with van der Waals surface area (Å²) in [5.41, 5.74) is 2.28. The van der Waals surface area contributed by atoms with Crippen molar-refractivity contribution in [2.75, 3.05) is 11.9 Å². The zero-order chi connectivity index (χ0) is 17.9. The largest absolute Gasteiger partial charge is 0.369 e. The van der Waals surface area contributed by atoms with Gasteiger partial charge in [-0.25, -0.2) is 14.4 Å². The van der Waals surface area contributed by atoms with E-state index in [-0.39, 0.29) is 5.82 Å². The first kappa shape index (κ1) is 16.1. The lowest BCUT2D eigenvalue weighted by Crippen LogP contribution is -2.09. The van der Waals surface area contributed by atoms with Crippen LogP contribution in [0.1, 0.15) is 5.56 Å². The minimum Gasteiger partial charge on any atom is -0.369 e. The van der Waals surface area contributed by atoms with Crippen LogP contribution >= 0.6 is 0 Å². The molecule has 0 atom stereocenters. The van der Waals surface area contributed by atoms with Crippen LogP contribution in [0.5, 0.6) is 0 Å². The highest BCUT2D eigenvalue weighted by Crippen LogP contribution is 2.24. The number of pyridine rings is 1. The van der Waals surface area contributed by atoms with Crippen molar-refractivity contribution in [2.45, 2.75) is 6.42 Å². The molecule has 0 amide bonds. The van der Waals surface area contributed by atoms with E-state index in [0.717, 1.165) is 16.6 Å². The lowest BCUT2D eigenvalue weighted by molar-refractivity contribution is 0.610. The normalized spacial score (nSPS) is 11.0. The second kappa shape index (κ2) is 6.87. The van der Waals surface area contributed by atoms with Crippen LogP contribution in [-0.4, -0.2) is 31.3 Å². The summed E-state index contributed by atoms with van der Waals surface area (Å²) >= 11 is 0. The maximum Gasteiger partial charge on any atom is 0.164 e. The van der Waals surface area contributed by atoms with Crippen LogP contribution < -0.4 is 5.32 Å². The van der Waals surface area contributed by atoms with E-state index in [0.29, 0.717) is 30.2 Å². The fourth-order valence-electron chi connectivity index (χ4n) is 2.80. The molecule has 0 spiro atoms. The van der Waals surface area contributed by atoms with Gasteiger partial charge in [0.2, 0.25) is 0 Å². The molecule has 1 N–H and O–H groups in total. The molecule has 26 heavy (non-hydrogen) atoms. The van der Waals surface area contributed by atoms with Crippen molar-refractivity contribution in [1.29, 1.82) is 0 Å². The second-order valence-electron chi connectivity index (χ2n) is 5.91. The third-order valence-corrected chi connectivity index (χ3v) is 4.18. The van der Waals surface area contributed by atoms with Crippen LogP contribution in [0.3, 0.4) is 0 Å². The Morgan fingerprint density at radius 1 is 1.08 bits per heavy atom. The molecule has 0 bridgehead atoms. The number of benzene rings is 1. The molecule has 3 aromatic heterocycles. The molecule has 6 nitrogen and oxygen atoms in total. The van der Waals surface area contributed by atoms with Gasteiger partial charge < -0.3 is 5.32 Å². The highest BCUT2D eigenvalue weighted by atomic mass is 19.1.